The smallest absolute Gasteiger partial charge is 0.180 e. The number of likely N-dealkylation sites (tertiary alicyclic amines) is 1. The molecule has 3 unspecified atom stereocenters. The molecule has 1 N–H and O–H groups in total. The number of Topliss-reactive ketones (excluding diaryl/α,β-unsaturated/α-hetero) is 1. The van der Waals surface area contributed by atoms with Crippen LogP contribution >= 0.6 is 0 Å². The summed E-state index contributed by atoms with van der Waals surface area (Å²) in [6.07, 6.45) is 4.19. The van der Waals surface area contributed by atoms with Gasteiger partial charge in [-0.05, 0) is 73.2 Å². The van der Waals surface area contributed by atoms with Crippen LogP contribution in [0, 0.1) is 5.82 Å². The van der Waals surface area contributed by atoms with Crippen LogP contribution in [-0.2, 0) is 11.3 Å². The van der Waals surface area contributed by atoms with Gasteiger partial charge in [0, 0.05) is 35.8 Å². The van der Waals surface area contributed by atoms with Gasteiger partial charge in [-0.2, -0.15) is 0 Å². The van der Waals surface area contributed by atoms with Crippen LogP contribution < -0.4 is 5.32 Å². The lowest BCUT2D eigenvalue weighted by molar-refractivity contribution is -0.114. The van der Waals surface area contributed by atoms with Crippen LogP contribution in [0.2, 0.25) is 0 Å². The third kappa shape index (κ3) is 3.44. The summed E-state index contributed by atoms with van der Waals surface area (Å²) in [6, 6.07) is 15.9. The first-order valence-corrected chi connectivity index (χ1v) is 11.8. The lowest BCUT2D eigenvalue weighted by atomic mass is 9.69. The monoisotopic (exact) mass is 429 g/mol. The quantitative estimate of drug-likeness (QED) is 0.787. The third-order valence-corrected chi connectivity index (χ3v) is 7.53. The molecule has 6 rings (SSSR count). The number of hydrogen-bond acceptors (Lipinski definition) is 4. The number of hydrogen-bond donors (Lipinski definition) is 1. The summed E-state index contributed by atoms with van der Waals surface area (Å²) in [6.45, 7) is 3.63. The molecule has 4 nitrogen and oxygen atoms in total. The summed E-state index contributed by atoms with van der Waals surface area (Å²) in [5.41, 5.74) is 6.71. The van der Waals surface area contributed by atoms with Crippen molar-refractivity contribution in [3.8, 4) is 0 Å². The molecule has 0 radical (unpaired) electrons. The van der Waals surface area contributed by atoms with Crippen LogP contribution in [0.3, 0.4) is 0 Å². The van der Waals surface area contributed by atoms with E-state index in [0.29, 0.717) is 0 Å². The molecule has 3 aliphatic heterocycles. The van der Waals surface area contributed by atoms with Crippen molar-refractivity contribution in [3.05, 3.63) is 82.2 Å². The number of nitrogens with one attached hydrogen (secondary N) is 1. The van der Waals surface area contributed by atoms with Crippen LogP contribution in [-0.4, -0.2) is 42.1 Å². The number of dihydropyridines is 1. The highest BCUT2D eigenvalue weighted by molar-refractivity contribution is 6.17. The molecule has 0 amide bonds. The normalized spacial score (nSPS) is 27.6. The van der Waals surface area contributed by atoms with Crippen molar-refractivity contribution >= 4 is 11.5 Å². The molecule has 32 heavy (non-hydrogen) atoms. The maximum absolute atomic E-state index is 13.7. The predicted octanol–water partition coefficient (Wildman–Crippen LogP) is 4.33. The van der Waals surface area contributed by atoms with Crippen LogP contribution in [0.1, 0.15) is 54.3 Å². The van der Waals surface area contributed by atoms with E-state index >= 15 is 0 Å². The van der Waals surface area contributed by atoms with Gasteiger partial charge in [-0.1, -0.05) is 36.4 Å². The van der Waals surface area contributed by atoms with Crippen LogP contribution in [0.25, 0.3) is 0 Å². The molecule has 5 heteroatoms. The topological polar surface area (TPSA) is 44.7 Å². The Bertz CT molecular complexity index is 1100. The highest BCUT2D eigenvalue weighted by Gasteiger charge is 2.44. The van der Waals surface area contributed by atoms with E-state index < -0.39 is 0 Å². The van der Waals surface area contributed by atoms with Gasteiger partial charge in [-0.3, -0.25) is 14.7 Å². The van der Waals surface area contributed by atoms with Gasteiger partial charge in [-0.25, -0.2) is 4.39 Å². The molecule has 2 aromatic carbocycles. The highest BCUT2D eigenvalue weighted by Crippen LogP contribution is 2.45. The summed E-state index contributed by atoms with van der Waals surface area (Å²) in [7, 11) is 0. The fourth-order valence-corrected chi connectivity index (χ4v) is 5.77. The zero-order chi connectivity index (χ0) is 21.7. The fourth-order valence-electron chi connectivity index (χ4n) is 5.77. The second-order valence-corrected chi connectivity index (χ2v) is 9.51. The van der Waals surface area contributed by atoms with Gasteiger partial charge < -0.3 is 5.32 Å². The maximum Gasteiger partial charge on any atom is 0.180 e. The zero-order valence-electron chi connectivity index (χ0n) is 18.2. The average molecular weight is 430 g/mol. The van der Waals surface area contributed by atoms with Crippen molar-refractivity contribution in [1.82, 2.24) is 10.2 Å². The number of carbonyl (C=O) groups excluding carboxylic acids is 1. The second-order valence-electron chi connectivity index (χ2n) is 9.51. The van der Waals surface area contributed by atoms with E-state index in [0.717, 1.165) is 48.2 Å². The van der Waals surface area contributed by atoms with Gasteiger partial charge in [0.15, 0.2) is 5.78 Å². The largest absolute Gasteiger partial charge is 0.302 e. The molecule has 164 valence electrons. The van der Waals surface area contributed by atoms with E-state index in [-0.39, 0.29) is 36.1 Å². The Balaban J connectivity index is 1.40. The van der Waals surface area contributed by atoms with E-state index in [1.807, 2.05) is 12.1 Å². The summed E-state index contributed by atoms with van der Waals surface area (Å²) < 4.78 is 13.7. The molecule has 0 saturated carbocycles. The molecule has 0 aromatic heterocycles. The average Bonchev–Trinajstić information content (AvgIpc) is 2.79. The number of carbonyl (C=O) groups is 1. The Hall–Kier alpha value is -2.63. The van der Waals surface area contributed by atoms with Crippen molar-refractivity contribution in [3.63, 3.8) is 0 Å². The SMILES string of the molecule is O=C1CN=C2C3=C1CCCC3NC(c1ccc(CN3CCC3)cc1)C2c1ccc(F)cc1. The summed E-state index contributed by atoms with van der Waals surface area (Å²) >= 11 is 0. The molecule has 2 aromatic rings. The Morgan fingerprint density at radius 3 is 2.47 bits per heavy atom. The van der Waals surface area contributed by atoms with Gasteiger partial charge in [0.2, 0.25) is 0 Å². The van der Waals surface area contributed by atoms with Crippen LogP contribution in [0.5, 0.6) is 0 Å². The third-order valence-electron chi connectivity index (χ3n) is 7.53. The molecule has 2 fully saturated rings. The van der Waals surface area contributed by atoms with E-state index in [4.69, 9.17) is 4.99 Å². The lowest BCUT2D eigenvalue weighted by Crippen LogP contribution is -2.51. The molecule has 0 bridgehead atoms. The number of piperidine rings is 1. The van der Waals surface area contributed by atoms with Crippen molar-refractivity contribution in [2.24, 2.45) is 4.99 Å². The molecule has 4 aliphatic rings. The number of benzene rings is 2. The summed E-state index contributed by atoms with van der Waals surface area (Å²) in [5.74, 6) is -0.105. The first-order valence-electron chi connectivity index (χ1n) is 11.8. The lowest BCUT2D eigenvalue weighted by Gasteiger charge is -2.45. The number of rotatable bonds is 4. The molecule has 1 aliphatic carbocycles. The number of aliphatic imine (C=N–C) groups is 1. The first-order chi connectivity index (χ1) is 15.7. The van der Waals surface area contributed by atoms with Crippen molar-refractivity contribution in [2.75, 3.05) is 19.6 Å². The van der Waals surface area contributed by atoms with E-state index in [1.165, 1.54) is 42.8 Å². The molecule has 2 saturated heterocycles. The zero-order valence-corrected chi connectivity index (χ0v) is 18.2. The Morgan fingerprint density at radius 1 is 1.00 bits per heavy atom. The first kappa shape index (κ1) is 20.0. The number of ketones is 1. The van der Waals surface area contributed by atoms with Gasteiger partial charge >= 0.3 is 0 Å². The molecule has 0 spiro atoms. The van der Waals surface area contributed by atoms with Crippen molar-refractivity contribution < 1.29 is 9.18 Å². The fraction of sp³-hybridized carbons (Fsp3) is 0.407. The number of nitrogens with zero attached hydrogens (tertiary/aromatic N) is 2. The Kier molecular flexibility index (Phi) is 5.04. The van der Waals surface area contributed by atoms with Crippen molar-refractivity contribution in [1.29, 1.82) is 0 Å². The molecule has 3 atom stereocenters. The van der Waals surface area contributed by atoms with Crippen LogP contribution in [0.4, 0.5) is 4.39 Å². The van der Waals surface area contributed by atoms with E-state index in [9.17, 15) is 9.18 Å². The predicted molar refractivity (Wildman–Crippen MR) is 123 cm³/mol. The molecular weight excluding hydrogens is 401 g/mol. The minimum atomic E-state index is -0.236. The van der Waals surface area contributed by atoms with Gasteiger partial charge in [0.1, 0.15) is 12.4 Å². The second kappa shape index (κ2) is 8.05. The Labute approximate surface area is 188 Å². The van der Waals surface area contributed by atoms with Gasteiger partial charge in [0.05, 0.1) is 0 Å². The minimum Gasteiger partial charge on any atom is -0.302 e. The van der Waals surface area contributed by atoms with Crippen LogP contribution in [0.15, 0.2) is 64.7 Å². The van der Waals surface area contributed by atoms with Gasteiger partial charge in [0.25, 0.3) is 0 Å². The minimum absolute atomic E-state index is 0.0377. The van der Waals surface area contributed by atoms with Gasteiger partial charge in [-0.15, -0.1) is 0 Å². The highest BCUT2D eigenvalue weighted by atomic mass is 19.1. The summed E-state index contributed by atoms with van der Waals surface area (Å²) in [5, 5.41) is 3.87. The van der Waals surface area contributed by atoms with Crippen molar-refractivity contribution in [2.45, 2.75) is 50.2 Å². The molecular formula is C27H28FN3O. The van der Waals surface area contributed by atoms with E-state index in [1.54, 1.807) is 0 Å². The summed E-state index contributed by atoms with van der Waals surface area (Å²) in [4.78, 5) is 19.9. The Morgan fingerprint density at radius 2 is 1.75 bits per heavy atom. The standard InChI is InChI=1S/C27H28FN3O/c28-20-11-9-18(10-12-20)24-26(19-7-5-17(6-8-19)16-31-13-2-14-31)30-22-4-1-3-21-23(32)15-29-27(24)25(21)22/h5-12,22,24,26,30H,1-4,13-16H2. The van der Waals surface area contributed by atoms with E-state index in [2.05, 4.69) is 34.5 Å². The number of halogens is 1. The molecule has 3 heterocycles. The maximum atomic E-state index is 13.7.